The van der Waals surface area contributed by atoms with Gasteiger partial charge in [0, 0.05) is 19.6 Å². The van der Waals surface area contributed by atoms with Crippen molar-refractivity contribution in [1.82, 2.24) is 29.9 Å². The van der Waals surface area contributed by atoms with Gasteiger partial charge < -0.3 is 4.57 Å². The van der Waals surface area contributed by atoms with Crippen molar-refractivity contribution in [1.29, 1.82) is 0 Å². The monoisotopic (exact) mass is 250 g/mol. The summed E-state index contributed by atoms with van der Waals surface area (Å²) in [5.74, 6) is 0.998. The molecule has 17 heavy (non-hydrogen) atoms. The van der Waals surface area contributed by atoms with E-state index in [1.165, 1.54) is 0 Å². The van der Waals surface area contributed by atoms with Crippen molar-refractivity contribution >= 4 is 11.6 Å². The van der Waals surface area contributed by atoms with Crippen LogP contribution < -0.4 is 0 Å². The Morgan fingerprint density at radius 3 is 2.94 bits per heavy atom. The zero-order valence-corrected chi connectivity index (χ0v) is 9.88. The highest BCUT2D eigenvalue weighted by molar-refractivity contribution is 6.29. The number of aromatic nitrogens is 5. The summed E-state index contributed by atoms with van der Waals surface area (Å²) < 4.78 is 2.07. The first-order valence-corrected chi connectivity index (χ1v) is 5.76. The average Bonchev–Trinajstić information content (AvgIpc) is 2.79. The van der Waals surface area contributed by atoms with E-state index in [1.54, 1.807) is 12.4 Å². The maximum Gasteiger partial charge on any atom is 0.151 e. The molecule has 0 atom stereocenters. The zero-order chi connectivity index (χ0) is 11.7. The van der Waals surface area contributed by atoms with Gasteiger partial charge in [0.2, 0.25) is 0 Å². The summed E-state index contributed by atoms with van der Waals surface area (Å²) in [6.45, 7) is 3.44. The average molecular weight is 251 g/mol. The molecule has 0 saturated carbocycles. The van der Waals surface area contributed by atoms with E-state index in [-0.39, 0.29) is 0 Å². The summed E-state index contributed by atoms with van der Waals surface area (Å²) in [6, 6.07) is 3.66. The number of fused-ring (bicyclic) bond motifs is 1. The minimum Gasteiger partial charge on any atom is -0.315 e. The second-order valence-electron chi connectivity index (χ2n) is 4.00. The van der Waals surface area contributed by atoms with E-state index in [0.717, 1.165) is 37.7 Å². The molecule has 0 aliphatic carbocycles. The second kappa shape index (κ2) is 4.38. The van der Waals surface area contributed by atoms with Gasteiger partial charge in [0.25, 0.3) is 0 Å². The maximum atomic E-state index is 5.70. The molecular formula is C10H11ClN6. The van der Waals surface area contributed by atoms with Crippen molar-refractivity contribution < 1.29 is 0 Å². The summed E-state index contributed by atoms with van der Waals surface area (Å²) in [6.07, 6.45) is 1.77. The fourth-order valence-corrected chi connectivity index (χ4v) is 2.01. The summed E-state index contributed by atoms with van der Waals surface area (Å²) in [4.78, 5) is 2.27. The molecule has 0 saturated heterocycles. The Labute approximate surface area is 103 Å². The van der Waals surface area contributed by atoms with Gasteiger partial charge in [-0.2, -0.15) is 5.10 Å². The molecule has 0 radical (unpaired) electrons. The highest BCUT2D eigenvalue weighted by Gasteiger charge is 2.17. The number of halogens is 1. The molecule has 2 aromatic rings. The number of nitrogens with zero attached hydrogens (tertiary/aromatic N) is 6. The second-order valence-corrected chi connectivity index (χ2v) is 4.39. The van der Waals surface area contributed by atoms with Crippen LogP contribution in [0.2, 0.25) is 5.15 Å². The molecule has 0 N–H and O–H groups in total. The molecule has 0 unspecified atom stereocenters. The van der Waals surface area contributed by atoms with Crippen molar-refractivity contribution in [2.24, 2.45) is 0 Å². The zero-order valence-electron chi connectivity index (χ0n) is 9.12. The Hall–Kier alpha value is -1.53. The Morgan fingerprint density at radius 1 is 1.18 bits per heavy atom. The molecule has 7 heteroatoms. The molecule has 3 heterocycles. The van der Waals surface area contributed by atoms with Crippen LogP contribution in [0.1, 0.15) is 11.5 Å². The number of rotatable bonds is 2. The third-order valence-electron chi connectivity index (χ3n) is 2.79. The van der Waals surface area contributed by atoms with E-state index in [2.05, 4.69) is 29.9 Å². The minimum absolute atomic E-state index is 0.423. The van der Waals surface area contributed by atoms with Crippen LogP contribution >= 0.6 is 11.6 Å². The predicted molar refractivity (Wildman–Crippen MR) is 61.2 cm³/mol. The van der Waals surface area contributed by atoms with Crippen molar-refractivity contribution in [3.8, 4) is 0 Å². The first-order valence-electron chi connectivity index (χ1n) is 5.38. The molecule has 1 aliphatic rings. The fraction of sp³-hybridized carbons (Fsp3) is 0.400. The topological polar surface area (TPSA) is 59.7 Å². The number of hydrogen-bond acceptors (Lipinski definition) is 5. The van der Waals surface area contributed by atoms with Gasteiger partial charge in [0.05, 0.1) is 12.2 Å². The summed E-state index contributed by atoms with van der Waals surface area (Å²) in [5, 5.41) is 16.3. The Morgan fingerprint density at radius 2 is 2.12 bits per heavy atom. The lowest BCUT2D eigenvalue weighted by Crippen LogP contribution is -2.33. The lowest BCUT2D eigenvalue weighted by molar-refractivity contribution is 0.206. The van der Waals surface area contributed by atoms with Crippen LogP contribution in [-0.2, 0) is 19.6 Å². The fourth-order valence-electron chi connectivity index (χ4n) is 1.91. The first-order chi connectivity index (χ1) is 8.31. The summed E-state index contributed by atoms with van der Waals surface area (Å²) in [5.41, 5.74) is 0.919. The van der Waals surface area contributed by atoms with E-state index in [0.29, 0.717) is 5.15 Å². The standard InChI is InChI=1S/C10H11ClN6/c11-9-2-1-8(13-14-9)5-16-3-4-17-7-12-15-10(17)6-16/h1-2,7H,3-6H2. The van der Waals surface area contributed by atoms with E-state index in [9.17, 15) is 0 Å². The van der Waals surface area contributed by atoms with Gasteiger partial charge in [-0.15, -0.1) is 15.3 Å². The van der Waals surface area contributed by atoms with E-state index >= 15 is 0 Å². The van der Waals surface area contributed by atoms with Gasteiger partial charge in [0.15, 0.2) is 5.15 Å². The Kier molecular flexibility index (Phi) is 2.74. The third kappa shape index (κ3) is 2.27. The summed E-state index contributed by atoms with van der Waals surface area (Å²) in [7, 11) is 0. The molecule has 3 rings (SSSR count). The lowest BCUT2D eigenvalue weighted by atomic mass is 10.3. The molecule has 0 bridgehead atoms. The third-order valence-corrected chi connectivity index (χ3v) is 2.99. The van der Waals surface area contributed by atoms with Crippen LogP contribution in [0.15, 0.2) is 18.5 Å². The van der Waals surface area contributed by atoms with Crippen LogP contribution in [-0.4, -0.2) is 36.4 Å². The smallest absolute Gasteiger partial charge is 0.151 e. The van der Waals surface area contributed by atoms with Gasteiger partial charge in [-0.3, -0.25) is 4.90 Å². The highest BCUT2D eigenvalue weighted by atomic mass is 35.5. The molecule has 0 spiro atoms. The van der Waals surface area contributed by atoms with Crippen LogP contribution in [0.5, 0.6) is 0 Å². The predicted octanol–water partition coefficient (Wildman–Crippen LogP) is 0.737. The van der Waals surface area contributed by atoms with Gasteiger partial charge in [-0.05, 0) is 12.1 Å². The van der Waals surface area contributed by atoms with Crippen molar-refractivity contribution in [2.75, 3.05) is 6.54 Å². The molecule has 88 valence electrons. The van der Waals surface area contributed by atoms with Gasteiger partial charge >= 0.3 is 0 Å². The largest absolute Gasteiger partial charge is 0.315 e. The van der Waals surface area contributed by atoms with Gasteiger partial charge in [-0.1, -0.05) is 11.6 Å². The molecule has 0 aromatic carbocycles. The van der Waals surface area contributed by atoms with Crippen LogP contribution in [0.4, 0.5) is 0 Å². The molecule has 1 aliphatic heterocycles. The van der Waals surface area contributed by atoms with Crippen molar-refractivity contribution in [3.05, 3.63) is 35.1 Å². The molecular weight excluding hydrogens is 240 g/mol. The minimum atomic E-state index is 0.423. The van der Waals surface area contributed by atoms with E-state index in [1.807, 2.05) is 6.07 Å². The van der Waals surface area contributed by atoms with E-state index in [4.69, 9.17) is 11.6 Å². The lowest BCUT2D eigenvalue weighted by Gasteiger charge is -2.26. The SMILES string of the molecule is Clc1ccc(CN2CCn3cnnc3C2)nn1. The maximum absolute atomic E-state index is 5.70. The van der Waals surface area contributed by atoms with Gasteiger partial charge in [0.1, 0.15) is 12.2 Å². The summed E-state index contributed by atoms with van der Waals surface area (Å²) >= 11 is 5.70. The molecule has 0 amide bonds. The Bertz CT molecular complexity index is 508. The van der Waals surface area contributed by atoms with Crippen molar-refractivity contribution in [2.45, 2.75) is 19.6 Å². The molecule has 2 aromatic heterocycles. The normalized spacial score (nSPS) is 15.8. The van der Waals surface area contributed by atoms with Crippen LogP contribution in [0.25, 0.3) is 0 Å². The quantitative estimate of drug-likeness (QED) is 0.787. The van der Waals surface area contributed by atoms with E-state index < -0.39 is 0 Å². The molecule has 0 fully saturated rings. The van der Waals surface area contributed by atoms with Crippen LogP contribution in [0, 0.1) is 0 Å². The first kappa shape index (κ1) is 10.6. The highest BCUT2D eigenvalue weighted by Crippen LogP contribution is 2.12. The number of hydrogen-bond donors (Lipinski definition) is 0. The van der Waals surface area contributed by atoms with Gasteiger partial charge in [-0.25, -0.2) is 0 Å². The Balaban J connectivity index is 1.69. The van der Waals surface area contributed by atoms with Crippen LogP contribution in [0.3, 0.4) is 0 Å². The van der Waals surface area contributed by atoms with Crippen molar-refractivity contribution in [3.63, 3.8) is 0 Å². The molecule has 6 nitrogen and oxygen atoms in total.